The third-order valence-electron chi connectivity index (χ3n) is 1.23. The first-order valence-corrected chi connectivity index (χ1v) is 4.16. The summed E-state index contributed by atoms with van der Waals surface area (Å²) in [6.07, 6.45) is 1.02. The van der Waals surface area contributed by atoms with Crippen LogP contribution in [0.15, 0.2) is 15.8 Å². The molecular formula is C5H6N2O5S. The molecule has 0 saturated heterocycles. The van der Waals surface area contributed by atoms with Gasteiger partial charge in [-0.15, -0.1) is 4.73 Å². The molecule has 0 aliphatic carbocycles. The van der Waals surface area contributed by atoms with Gasteiger partial charge in [-0.1, -0.05) is 0 Å². The normalized spacial score (nSPS) is 12.5. The number of hydrogen-bond donors (Lipinski definition) is 2. The van der Waals surface area contributed by atoms with Gasteiger partial charge in [0.05, 0.1) is 6.20 Å². The molecule has 13 heavy (non-hydrogen) atoms. The van der Waals surface area contributed by atoms with Gasteiger partial charge >= 0.3 is 17.1 Å². The molecule has 0 fully saturated rings. The molecule has 0 saturated carbocycles. The van der Waals surface area contributed by atoms with Gasteiger partial charge < -0.3 is 0 Å². The molecular weight excluding hydrogens is 200 g/mol. The van der Waals surface area contributed by atoms with E-state index in [4.69, 9.17) is 4.55 Å². The van der Waals surface area contributed by atoms with E-state index in [9.17, 15) is 13.8 Å². The van der Waals surface area contributed by atoms with E-state index in [1.54, 1.807) is 0 Å². The van der Waals surface area contributed by atoms with Gasteiger partial charge in [0.1, 0.15) is 0 Å². The first-order chi connectivity index (χ1) is 6.00. The minimum Gasteiger partial charge on any atom is -0.281 e. The van der Waals surface area contributed by atoms with Gasteiger partial charge in [0, 0.05) is 5.56 Å². The zero-order chi connectivity index (χ0) is 10.0. The van der Waals surface area contributed by atoms with Crippen molar-refractivity contribution < 1.29 is 13.0 Å². The predicted octanol–water partition coefficient (Wildman–Crippen LogP) is -1.59. The summed E-state index contributed by atoms with van der Waals surface area (Å²) in [4.78, 5) is 23.6. The number of nitrogens with zero attached hydrogens (tertiary/aromatic N) is 1. The van der Waals surface area contributed by atoms with E-state index in [-0.39, 0.29) is 5.56 Å². The molecule has 0 aliphatic heterocycles. The Bertz CT molecular complexity index is 447. The van der Waals surface area contributed by atoms with Crippen LogP contribution in [0.5, 0.6) is 0 Å². The number of aryl methyl sites for hydroxylation is 1. The number of aromatic nitrogens is 2. The van der Waals surface area contributed by atoms with Gasteiger partial charge in [0.2, 0.25) is 0 Å². The lowest BCUT2D eigenvalue weighted by molar-refractivity contribution is 0.252. The maximum atomic E-state index is 10.9. The van der Waals surface area contributed by atoms with Crippen molar-refractivity contribution in [2.24, 2.45) is 0 Å². The highest BCUT2D eigenvalue weighted by Gasteiger charge is 2.03. The van der Waals surface area contributed by atoms with E-state index >= 15 is 0 Å². The number of aromatic amines is 1. The van der Waals surface area contributed by atoms with Crippen LogP contribution in [0.25, 0.3) is 0 Å². The SMILES string of the molecule is Cc1cn(OS(=O)O)c(=O)[nH]c1=O. The molecule has 1 rings (SSSR count). The van der Waals surface area contributed by atoms with Gasteiger partial charge in [-0.2, -0.15) is 4.21 Å². The van der Waals surface area contributed by atoms with Gasteiger partial charge in [0.25, 0.3) is 5.56 Å². The molecule has 1 aromatic rings. The van der Waals surface area contributed by atoms with Crippen LogP contribution in [0.3, 0.4) is 0 Å². The molecule has 0 aromatic carbocycles. The van der Waals surface area contributed by atoms with Gasteiger partial charge in [-0.3, -0.25) is 18.6 Å². The number of H-pyrrole nitrogens is 1. The fourth-order valence-electron chi connectivity index (χ4n) is 0.668. The Morgan fingerprint density at radius 1 is 1.62 bits per heavy atom. The van der Waals surface area contributed by atoms with Gasteiger partial charge in [-0.05, 0) is 6.92 Å². The summed E-state index contributed by atoms with van der Waals surface area (Å²) in [6, 6.07) is 0. The summed E-state index contributed by atoms with van der Waals surface area (Å²) in [5.74, 6) is 0. The smallest absolute Gasteiger partial charge is 0.281 e. The summed E-state index contributed by atoms with van der Waals surface area (Å²) in [6.45, 7) is 1.43. The third kappa shape index (κ3) is 2.26. The summed E-state index contributed by atoms with van der Waals surface area (Å²) in [5.41, 5.74) is -1.27. The van der Waals surface area contributed by atoms with E-state index in [1.165, 1.54) is 6.92 Å². The number of rotatable bonds is 2. The van der Waals surface area contributed by atoms with Crippen molar-refractivity contribution >= 4 is 11.4 Å². The van der Waals surface area contributed by atoms with E-state index in [0.717, 1.165) is 6.20 Å². The molecule has 1 unspecified atom stereocenters. The minimum atomic E-state index is -2.60. The van der Waals surface area contributed by atoms with Crippen molar-refractivity contribution in [3.05, 3.63) is 32.6 Å². The second-order valence-corrected chi connectivity index (χ2v) is 2.77. The first-order valence-electron chi connectivity index (χ1n) is 3.13. The van der Waals surface area contributed by atoms with Crippen LogP contribution >= 0.6 is 0 Å². The predicted molar refractivity (Wildman–Crippen MR) is 43.4 cm³/mol. The first kappa shape index (κ1) is 9.68. The highest BCUT2D eigenvalue weighted by molar-refractivity contribution is 7.74. The summed E-state index contributed by atoms with van der Waals surface area (Å²) in [7, 11) is 0. The van der Waals surface area contributed by atoms with Crippen molar-refractivity contribution in [1.29, 1.82) is 0 Å². The van der Waals surface area contributed by atoms with Crippen LogP contribution < -0.4 is 15.5 Å². The average Bonchev–Trinajstić information content (AvgIpc) is 1.99. The highest BCUT2D eigenvalue weighted by atomic mass is 32.2. The fraction of sp³-hybridized carbons (Fsp3) is 0.200. The molecule has 8 heteroatoms. The largest absolute Gasteiger partial charge is 0.377 e. The molecule has 1 atom stereocenters. The summed E-state index contributed by atoms with van der Waals surface area (Å²) in [5, 5.41) is 0. The van der Waals surface area contributed by atoms with Crippen molar-refractivity contribution in [3.8, 4) is 0 Å². The molecule has 0 bridgehead atoms. The molecule has 0 aliphatic rings. The van der Waals surface area contributed by atoms with Crippen molar-refractivity contribution in [2.75, 3.05) is 0 Å². The van der Waals surface area contributed by atoms with E-state index in [1.807, 2.05) is 4.98 Å². The van der Waals surface area contributed by atoms with Crippen molar-refractivity contribution in [3.63, 3.8) is 0 Å². The van der Waals surface area contributed by atoms with Crippen LogP contribution in [0, 0.1) is 6.92 Å². The fourth-order valence-corrected chi connectivity index (χ4v) is 0.916. The van der Waals surface area contributed by atoms with Crippen LogP contribution in [0.2, 0.25) is 0 Å². The monoisotopic (exact) mass is 206 g/mol. The van der Waals surface area contributed by atoms with Crippen LogP contribution in [0.1, 0.15) is 5.56 Å². The molecule has 0 amide bonds. The number of nitrogens with one attached hydrogen (secondary N) is 1. The standard InChI is InChI=1S/C5H6N2O5S/c1-3-2-7(12-13(10)11)5(9)6-4(3)8/h2H,1H3,(H,10,11)(H,6,8,9). The second-order valence-electron chi connectivity index (χ2n) is 2.19. The lowest BCUT2D eigenvalue weighted by Gasteiger charge is -2.01. The molecule has 1 heterocycles. The Hall–Kier alpha value is -1.41. The second kappa shape index (κ2) is 3.54. The molecule has 1 aromatic heterocycles. The topological polar surface area (TPSA) is 101 Å². The zero-order valence-electron chi connectivity index (χ0n) is 6.51. The zero-order valence-corrected chi connectivity index (χ0v) is 7.33. The Kier molecular flexibility index (Phi) is 2.63. The Morgan fingerprint density at radius 2 is 2.23 bits per heavy atom. The molecule has 7 nitrogen and oxygen atoms in total. The lowest BCUT2D eigenvalue weighted by atomic mass is 10.4. The maximum absolute atomic E-state index is 10.9. The Balaban J connectivity index is 3.24. The molecule has 72 valence electrons. The molecule has 2 N–H and O–H groups in total. The van der Waals surface area contributed by atoms with Gasteiger partial charge in [0.15, 0.2) is 0 Å². The molecule has 0 radical (unpaired) electrons. The molecule has 0 spiro atoms. The van der Waals surface area contributed by atoms with Crippen LogP contribution in [0.4, 0.5) is 0 Å². The van der Waals surface area contributed by atoms with Crippen molar-refractivity contribution in [1.82, 2.24) is 9.71 Å². The summed E-state index contributed by atoms with van der Waals surface area (Å²) >= 11 is -2.60. The maximum Gasteiger partial charge on any atom is 0.377 e. The third-order valence-corrected chi connectivity index (χ3v) is 1.52. The summed E-state index contributed by atoms with van der Waals surface area (Å²) < 4.78 is 23.1. The Labute approximate surface area is 74.4 Å². The highest BCUT2D eigenvalue weighted by Crippen LogP contribution is 1.81. The quantitative estimate of drug-likeness (QED) is 0.568. The van der Waals surface area contributed by atoms with Gasteiger partial charge in [-0.25, -0.2) is 4.79 Å². The van der Waals surface area contributed by atoms with E-state index in [2.05, 4.69) is 4.28 Å². The van der Waals surface area contributed by atoms with E-state index in [0.29, 0.717) is 4.73 Å². The Morgan fingerprint density at radius 3 is 2.77 bits per heavy atom. The van der Waals surface area contributed by atoms with Crippen LogP contribution in [-0.2, 0) is 11.4 Å². The average molecular weight is 206 g/mol. The van der Waals surface area contributed by atoms with Crippen molar-refractivity contribution in [2.45, 2.75) is 6.92 Å². The number of hydrogen-bond acceptors (Lipinski definition) is 4. The van der Waals surface area contributed by atoms with Crippen LogP contribution in [-0.4, -0.2) is 18.5 Å². The van der Waals surface area contributed by atoms with E-state index < -0.39 is 22.6 Å². The minimum absolute atomic E-state index is 0.199. The lowest BCUT2D eigenvalue weighted by Crippen LogP contribution is -2.35.